The minimum atomic E-state index is 0.556. The summed E-state index contributed by atoms with van der Waals surface area (Å²) in [7, 11) is 0. The summed E-state index contributed by atoms with van der Waals surface area (Å²) in [5, 5.41) is 0. The Bertz CT molecular complexity index is 799. The number of nitrogens with zero attached hydrogens (tertiary/aromatic N) is 1. The van der Waals surface area contributed by atoms with Crippen molar-refractivity contribution in [3.8, 4) is 0 Å². The van der Waals surface area contributed by atoms with E-state index in [4.69, 9.17) is 0 Å². The SMILES string of the molecule is C=C(CC)N1CC(CCCCCCCCCC/C=C\C/C=C\CCCCC)(CSCCCCCCCC/C=C\C/C=C\CCCC)C1. The molecule has 0 aromatic carbocycles. The molecule has 0 radical (unpaired) electrons. The molecule has 1 rings (SSSR count). The molecule has 0 N–H and O–H groups in total. The maximum absolute atomic E-state index is 4.33. The predicted molar refractivity (Wildman–Crippen MR) is 219 cm³/mol. The average molecular weight is 668 g/mol. The van der Waals surface area contributed by atoms with Gasteiger partial charge in [0.2, 0.25) is 0 Å². The van der Waals surface area contributed by atoms with Crippen molar-refractivity contribution in [3.63, 3.8) is 0 Å². The minimum Gasteiger partial charge on any atom is -0.374 e. The van der Waals surface area contributed by atoms with E-state index in [0.717, 1.165) is 19.3 Å². The molecule has 0 aromatic rings. The number of likely N-dealkylation sites (tertiary alicyclic amines) is 1. The molecule has 0 saturated carbocycles. The smallest absolute Gasteiger partial charge is 0.0256 e. The first-order valence-corrected chi connectivity index (χ1v) is 21.9. The molecule has 1 saturated heterocycles. The van der Waals surface area contributed by atoms with Crippen LogP contribution in [0.1, 0.15) is 194 Å². The van der Waals surface area contributed by atoms with Crippen molar-refractivity contribution in [2.24, 2.45) is 5.41 Å². The van der Waals surface area contributed by atoms with E-state index in [1.807, 2.05) is 0 Å². The summed E-state index contributed by atoms with van der Waals surface area (Å²) in [5.41, 5.74) is 1.91. The Morgan fingerprint density at radius 3 is 1.45 bits per heavy atom. The van der Waals surface area contributed by atoms with Gasteiger partial charge in [-0.05, 0) is 82.8 Å². The van der Waals surface area contributed by atoms with E-state index in [0.29, 0.717) is 5.41 Å². The first-order valence-electron chi connectivity index (χ1n) is 20.8. The fourth-order valence-corrected chi connectivity index (χ4v) is 7.98. The quantitative estimate of drug-likeness (QED) is 0.0489. The second kappa shape index (κ2) is 33.4. The molecule has 1 aliphatic heterocycles. The predicted octanol–water partition coefficient (Wildman–Crippen LogP) is 15.4. The second-order valence-corrected chi connectivity index (χ2v) is 15.7. The van der Waals surface area contributed by atoms with E-state index < -0.39 is 0 Å². The third-order valence-corrected chi connectivity index (χ3v) is 11.4. The monoisotopic (exact) mass is 668 g/mol. The van der Waals surface area contributed by atoms with Crippen LogP contribution in [-0.4, -0.2) is 29.5 Å². The number of thioether (sulfide) groups is 1. The van der Waals surface area contributed by atoms with Crippen molar-refractivity contribution in [2.45, 2.75) is 194 Å². The minimum absolute atomic E-state index is 0.556. The van der Waals surface area contributed by atoms with Gasteiger partial charge in [0.15, 0.2) is 0 Å². The van der Waals surface area contributed by atoms with Crippen LogP contribution >= 0.6 is 11.8 Å². The lowest BCUT2D eigenvalue weighted by Crippen LogP contribution is -2.56. The Kier molecular flexibility index (Phi) is 31.1. The summed E-state index contributed by atoms with van der Waals surface area (Å²) in [6.45, 7) is 13.7. The van der Waals surface area contributed by atoms with Crippen molar-refractivity contribution in [1.29, 1.82) is 0 Å². The van der Waals surface area contributed by atoms with Crippen molar-refractivity contribution in [3.05, 3.63) is 60.9 Å². The van der Waals surface area contributed by atoms with Gasteiger partial charge in [-0.2, -0.15) is 11.8 Å². The lowest BCUT2D eigenvalue weighted by molar-refractivity contribution is 0.0386. The van der Waals surface area contributed by atoms with Gasteiger partial charge in [-0.15, -0.1) is 0 Å². The normalized spacial score (nSPS) is 14.8. The first kappa shape index (κ1) is 43.9. The van der Waals surface area contributed by atoms with Crippen LogP contribution in [-0.2, 0) is 0 Å². The molecule has 0 unspecified atom stereocenters. The van der Waals surface area contributed by atoms with Gasteiger partial charge >= 0.3 is 0 Å². The topological polar surface area (TPSA) is 3.24 Å². The molecule has 0 aliphatic carbocycles. The molecule has 1 fully saturated rings. The van der Waals surface area contributed by atoms with Gasteiger partial charge in [0, 0.05) is 30.0 Å². The van der Waals surface area contributed by atoms with Crippen LogP contribution in [0.15, 0.2) is 60.9 Å². The van der Waals surface area contributed by atoms with Gasteiger partial charge in [0.1, 0.15) is 0 Å². The number of hydrogen-bond donors (Lipinski definition) is 0. The van der Waals surface area contributed by atoms with Crippen molar-refractivity contribution >= 4 is 11.8 Å². The van der Waals surface area contributed by atoms with Crippen molar-refractivity contribution in [2.75, 3.05) is 24.6 Å². The zero-order valence-electron chi connectivity index (χ0n) is 32.1. The maximum atomic E-state index is 4.33. The molecule has 0 amide bonds. The van der Waals surface area contributed by atoms with Gasteiger partial charge in [-0.25, -0.2) is 0 Å². The fraction of sp³-hybridized carbons (Fsp3) is 0.778. The maximum Gasteiger partial charge on any atom is 0.0256 e. The van der Waals surface area contributed by atoms with Gasteiger partial charge in [0.05, 0.1) is 0 Å². The van der Waals surface area contributed by atoms with Crippen LogP contribution in [0.5, 0.6) is 0 Å². The van der Waals surface area contributed by atoms with Crippen molar-refractivity contribution in [1.82, 2.24) is 4.90 Å². The average Bonchev–Trinajstić information content (AvgIpc) is 3.06. The summed E-state index contributed by atoms with van der Waals surface area (Å²) in [4.78, 5) is 2.57. The highest BCUT2D eigenvalue weighted by Gasteiger charge is 2.42. The largest absolute Gasteiger partial charge is 0.374 e. The zero-order valence-corrected chi connectivity index (χ0v) is 32.9. The molecule has 47 heavy (non-hydrogen) atoms. The Balaban J connectivity index is 2.03. The van der Waals surface area contributed by atoms with E-state index in [9.17, 15) is 0 Å². The third-order valence-electron chi connectivity index (χ3n) is 9.96. The van der Waals surface area contributed by atoms with E-state index in [1.54, 1.807) is 0 Å². The molecular weight excluding hydrogens is 587 g/mol. The molecule has 1 heterocycles. The molecule has 2 heteroatoms. The summed E-state index contributed by atoms with van der Waals surface area (Å²) >= 11 is 2.25. The van der Waals surface area contributed by atoms with Gasteiger partial charge in [-0.1, -0.05) is 172 Å². The molecule has 0 spiro atoms. The van der Waals surface area contributed by atoms with Gasteiger partial charge < -0.3 is 4.90 Å². The molecule has 1 aliphatic rings. The summed E-state index contributed by atoms with van der Waals surface area (Å²) in [6.07, 6.45) is 55.1. The highest BCUT2D eigenvalue weighted by Crippen LogP contribution is 2.41. The molecule has 0 aromatic heterocycles. The lowest BCUT2D eigenvalue weighted by atomic mass is 9.76. The van der Waals surface area contributed by atoms with Gasteiger partial charge in [-0.3, -0.25) is 0 Å². The van der Waals surface area contributed by atoms with Crippen LogP contribution in [0.3, 0.4) is 0 Å². The number of rotatable bonds is 35. The molecule has 1 nitrogen and oxygen atoms in total. The Morgan fingerprint density at radius 2 is 0.957 bits per heavy atom. The van der Waals surface area contributed by atoms with E-state index in [-0.39, 0.29) is 0 Å². The highest BCUT2D eigenvalue weighted by molar-refractivity contribution is 7.99. The lowest BCUT2D eigenvalue weighted by Gasteiger charge is -2.52. The second-order valence-electron chi connectivity index (χ2n) is 14.6. The third kappa shape index (κ3) is 26.4. The first-order chi connectivity index (χ1) is 23.2. The van der Waals surface area contributed by atoms with E-state index in [1.165, 1.54) is 184 Å². The van der Waals surface area contributed by atoms with Crippen LogP contribution in [0.25, 0.3) is 0 Å². The summed E-state index contributed by atoms with van der Waals surface area (Å²) in [6, 6.07) is 0. The van der Waals surface area contributed by atoms with Crippen LogP contribution in [0.2, 0.25) is 0 Å². The van der Waals surface area contributed by atoms with E-state index in [2.05, 4.69) is 92.6 Å². The van der Waals surface area contributed by atoms with Gasteiger partial charge in [0.25, 0.3) is 0 Å². The number of allylic oxidation sites excluding steroid dienone is 9. The van der Waals surface area contributed by atoms with Crippen LogP contribution < -0.4 is 0 Å². The number of hydrogen-bond acceptors (Lipinski definition) is 2. The molecule has 0 atom stereocenters. The van der Waals surface area contributed by atoms with Crippen molar-refractivity contribution < 1.29 is 0 Å². The Hall–Kier alpha value is -1.15. The summed E-state index contributed by atoms with van der Waals surface area (Å²) < 4.78 is 0. The Labute approximate surface area is 300 Å². The standard InChI is InChI=1S/C45H81NS/c1-5-8-10-12-14-16-18-20-22-23-24-25-27-29-31-33-35-37-39-45(41-46(42-45)44(4)7-3)43-47-40-38-36-34-32-30-28-26-21-19-17-15-13-11-9-6-2/h13-16,19-22H,4-12,17-18,23-43H2,1-3H3/b15-13-,16-14-,21-19-,22-20-. The Morgan fingerprint density at radius 1 is 0.532 bits per heavy atom. The van der Waals surface area contributed by atoms with Crippen LogP contribution in [0, 0.1) is 5.41 Å². The number of unbranched alkanes of at least 4 members (excludes halogenated alkanes) is 19. The molecule has 0 bridgehead atoms. The fourth-order valence-electron chi connectivity index (χ4n) is 6.66. The molecule has 272 valence electrons. The zero-order chi connectivity index (χ0) is 33.9. The molecular formula is C45H81NS. The highest BCUT2D eigenvalue weighted by atomic mass is 32.2. The van der Waals surface area contributed by atoms with Crippen LogP contribution in [0.4, 0.5) is 0 Å². The van der Waals surface area contributed by atoms with E-state index >= 15 is 0 Å². The summed E-state index contributed by atoms with van der Waals surface area (Å²) in [5.74, 6) is 2.72.